The number of hydrogen-bond donors (Lipinski definition) is 3. The molecule has 1 saturated heterocycles. The predicted molar refractivity (Wildman–Crippen MR) is 103 cm³/mol. The monoisotopic (exact) mass is 352 g/mol. The lowest BCUT2D eigenvalue weighted by Gasteiger charge is -2.23. The maximum Gasteiger partial charge on any atom is 0.191 e. The van der Waals surface area contributed by atoms with Crippen LogP contribution in [0, 0.1) is 5.92 Å². The van der Waals surface area contributed by atoms with E-state index in [1.54, 1.807) is 11.3 Å². The van der Waals surface area contributed by atoms with Gasteiger partial charge in [-0.3, -0.25) is 0 Å². The van der Waals surface area contributed by atoms with Gasteiger partial charge in [-0.25, -0.2) is 4.99 Å². The van der Waals surface area contributed by atoms with Gasteiger partial charge in [0.1, 0.15) is 5.60 Å². The summed E-state index contributed by atoms with van der Waals surface area (Å²) in [4.78, 5) is 7.12. The quantitative estimate of drug-likeness (QED) is 0.496. The summed E-state index contributed by atoms with van der Waals surface area (Å²) in [6, 6.07) is 1.96. The first-order valence-electron chi connectivity index (χ1n) is 9.01. The molecule has 2 rings (SSSR count). The normalized spacial score (nSPS) is 19.9. The van der Waals surface area contributed by atoms with Crippen LogP contribution in [0.1, 0.15) is 39.2 Å². The van der Waals surface area contributed by atoms with Crippen molar-refractivity contribution >= 4 is 17.3 Å². The summed E-state index contributed by atoms with van der Waals surface area (Å²) < 4.78 is 0. The van der Waals surface area contributed by atoms with Gasteiger partial charge >= 0.3 is 0 Å². The molecule has 0 bridgehead atoms. The second kappa shape index (κ2) is 9.39. The highest BCUT2D eigenvalue weighted by atomic mass is 32.1. The lowest BCUT2D eigenvalue weighted by Crippen LogP contribution is -2.42. The Morgan fingerprint density at radius 1 is 1.42 bits per heavy atom. The number of guanidine groups is 1. The standard InChI is InChI=1S/C18H32N4OS/c1-4-19-17(20-11-15(2)12-22-8-5-6-9-22)21-14-18(3,23)16-7-10-24-13-16/h7,10,13,15,23H,4-6,8-9,11-12,14H2,1-3H3,(H2,19,20,21). The Bertz CT molecular complexity index is 495. The molecule has 2 atom stereocenters. The molecule has 6 heteroatoms. The Kier molecular flexibility index (Phi) is 7.52. The van der Waals surface area contributed by atoms with Crippen LogP contribution in [0.15, 0.2) is 21.8 Å². The number of thiophene rings is 1. The second-order valence-electron chi connectivity index (χ2n) is 6.97. The van der Waals surface area contributed by atoms with Crippen LogP contribution in [0.2, 0.25) is 0 Å². The van der Waals surface area contributed by atoms with Crippen molar-refractivity contribution in [2.75, 3.05) is 39.3 Å². The molecule has 0 aromatic carbocycles. The third kappa shape index (κ3) is 6.07. The van der Waals surface area contributed by atoms with Gasteiger partial charge in [-0.05, 0) is 68.1 Å². The van der Waals surface area contributed by atoms with Gasteiger partial charge in [0.15, 0.2) is 5.96 Å². The van der Waals surface area contributed by atoms with Gasteiger partial charge in [-0.15, -0.1) is 0 Å². The molecule has 5 nitrogen and oxygen atoms in total. The van der Waals surface area contributed by atoms with Crippen molar-refractivity contribution in [2.24, 2.45) is 10.9 Å². The smallest absolute Gasteiger partial charge is 0.191 e. The van der Waals surface area contributed by atoms with Crippen LogP contribution >= 0.6 is 11.3 Å². The second-order valence-corrected chi connectivity index (χ2v) is 7.75. The van der Waals surface area contributed by atoms with Crippen LogP contribution in [-0.2, 0) is 5.60 Å². The molecule has 0 spiro atoms. The maximum atomic E-state index is 10.6. The van der Waals surface area contributed by atoms with Crippen LogP contribution < -0.4 is 10.6 Å². The van der Waals surface area contributed by atoms with E-state index in [2.05, 4.69) is 34.4 Å². The highest BCUT2D eigenvalue weighted by Gasteiger charge is 2.23. The van der Waals surface area contributed by atoms with Crippen LogP contribution in [0.3, 0.4) is 0 Å². The van der Waals surface area contributed by atoms with E-state index in [9.17, 15) is 5.11 Å². The lowest BCUT2D eigenvalue weighted by molar-refractivity contribution is 0.0677. The van der Waals surface area contributed by atoms with Gasteiger partial charge in [0.05, 0.1) is 6.54 Å². The minimum atomic E-state index is -0.927. The van der Waals surface area contributed by atoms with E-state index in [1.807, 2.05) is 23.8 Å². The molecule has 136 valence electrons. The van der Waals surface area contributed by atoms with Crippen LogP contribution in [-0.4, -0.2) is 55.2 Å². The predicted octanol–water partition coefficient (Wildman–Crippen LogP) is 2.24. The summed E-state index contributed by atoms with van der Waals surface area (Å²) in [7, 11) is 0. The zero-order chi connectivity index (χ0) is 17.4. The van der Waals surface area contributed by atoms with Crippen molar-refractivity contribution in [1.29, 1.82) is 0 Å². The van der Waals surface area contributed by atoms with Gasteiger partial charge < -0.3 is 20.6 Å². The average Bonchev–Trinajstić information content (AvgIpc) is 3.23. The molecule has 1 fully saturated rings. The van der Waals surface area contributed by atoms with Gasteiger partial charge in [-0.2, -0.15) is 11.3 Å². The molecule has 24 heavy (non-hydrogen) atoms. The molecular formula is C18H32N4OS. The molecule has 2 heterocycles. The van der Waals surface area contributed by atoms with Gasteiger partial charge in [0.2, 0.25) is 0 Å². The van der Waals surface area contributed by atoms with Crippen LogP contribution in [0.5, 0.6) is 0 Å². The third-order valence-electron chi connectivity index (χ3n) is 4.42. The Balaban J connectivity index is 1.83. The summed E-state index contributed by atoms with van der Waals surface area (Å²) in [5, 5.41) is 21.2. The maximum absolute atomic E-state index is 10.6. The Hall–Kier alpha value is -1.11. The Morgan fingerprint density at radius 3 is 2.79 bits per heavy atom. The zero-order valence-corrected chi connectivity index (χ0v) is 16.0. The van der Waals surface area contributed by atoms with Crippen molar-refractivity contribution in [2.45, 2.75) is 39.2 Å². The molecule has 0 saturated carbocycles. The highest BCUT2D eigenvalue weighted by molar-refractivity contribution is 7.08. The molecule has 0 amide bonds. The number of aliphatic imine (C=N–C) groups is 1. The minimum absolute atomic E-state index is 0.347. The molecule has 2 unspecified atom stereocenters. The summed E-state index contributed by atoms with van der Waals surface area (Å²) >= 11 is 1.60. The fourth-order valence-electron chi connectivity index (χ4n) is 2.98. The number of rotatable bonds is 8. The van der Waals surface area contributed by atoms with E-state index in [0.29, 0.717) is 12.5 Å². The number of likely N-dealkylation sites (tertiary alicyclic amines) is 1. The molecule has 3 N–H and O–H groups in total. The summed E-state index contributed by atoms with van der Waals surface area (Å²) in [5.41, 5.74) is -0.00160. The summed E-state index contributed by atoms with van der Waals surface area (Å²) in [6.45, 7) is 11.8. The highest BCUT2D eigenvalue weighted by Crippen LogP contribution is 2.23. The van der Waals surface area contributed by atoms with E-state index < -0.39 is 5.60 Å². The molecule has 1 aliphatic rings. The van der Waals surface area contributed by atoms with Crippen LogP contribution in [0.25, 0.3) is 0 Å². The fourth-order valence-corrected chi connectivity index (χ4v) is 3.76. The van der Waals surface area contributed by atoms with E-state index in [0.717, 1.165) is 31.2 Å². The third-order valence-corrected chi connectivity index (χ3v) is 5.10. The average molecular weight is 353 g/mol. The van der Waals surface area contributed by atoms with Gasteiger partial charge in [-0.1, -0.05) is 6.92 Å². The van der Waals surface area contributed by atoms with Crippen LogP contribution in [0.4, 0.5) is 0 Å². The van der Waals surface area contributed by atoms with Gasteiger partial charge in [0, 0.05) is 19.6 Å². The Labute approximate surface area is 150 Å². The van der Waals surface area contributed by atoms with Crippen molar-refractivity contribution in [1.82, 2.24) is 15.5 Å². The van der Waals surface area contributed by atoms with E-state index in [-0.39, 0.29) is 0 Å². The zero-order valence-electron chi connectivity index (χ0n) is 15.2. The molecule has 1 aromatic heterocycles. The van der Waals surface area contributed by atoms with Gasteiger partial charge in [0.25, 0.3) is 0 Å². The summed E-state index contributed by atoms with van der Waals surface area (Å²) in [6.07, 6.45) is 2.67. The lowest BCUT2D eigenvalue weighted by atomic mass is 10.00. The molecular weight excluding hydrogens is 320 g/mol. The van der Waals surface area contributed by atoms with E-state index in [4.69, 9.17) is 0 Å². The number of nitrogens with one attached hydrogen (secondary N) is 2. The first-order chi connectivity index (χ1) is 11.5. The SMILES string of the molecule is CCNC(=NCC(C)(O)c1ccsc1)NCC(C)CN1CCCC1. The molecule has 1 aromatic rings. The Morgan fingerprint density at radius 2 is 2.17 bits per heavy atom. The van der Waals surface area contributed by atoms with Crippen molar-refractivity contribution in [3.05, 3.63) is 22.4 Å². The van der Waals surface area contributed by atoms with E-state index >= 15 is 0 Å². The first kappa shape index (κ1) is 19.2. The fraction of sp³-hybridized carbons (Fsp3) is 0.722. The first-order valence-corrected chi connectivity index (χ1v) is 9.95. The number of hydrogen-bond acceptors (Lipinski definition) is 4. The van der Waals surface area contributed by atoms with Crippen molar-refractivity contribution < 1.29 is 5.11 Å². The molecule has 0 aliphatic carbocycles. The molecule has 1 aliphatic heterocycles. The molecule has 0 radical (unpaired) electrons. The largest absolute Gasteiger partial charge is 0.383 e. The summed E-state index contributed by atoms with van der Waals surface area (Å²) in [5.74, 6) is 1.35. The minimum Gasteiger partial charge on any atom is -0.383 e. The van der Waals surface area contributed by atoms with E-state index in [1.165, 1.54) is 25.9 Å². The number of aliphatic hydroxyl groups is 1. The van der Waals surface area contributed by atoms with Crippen molar-refractivity contribution in [3.63, 3.8) is 0 Å². The number of nitrogens with zero attached hydrogens (tertiary/aromatic N) is 2. The topological polar surface area (TPSA) is 59.9 Å². The van der Waals surface area contributed by atoms with Crippen molar-refractivity contribution in [3.8, 4) is 0 Å².